The van der Waals surface area contributed by atoms with E-state index in [1.165, 1.54) is 0 Å². The fraction of sp³-hybridized carbons (Fsp3) is 1.00. The van der Waals surface area contributed by atoms with Gasteiger partial charge in [0.25, 0.3) is 10.1 Å². The number of unbranched alkanes of at least 4 members (excludes halogenated alkanes) is 1. The second-order valence-corrected chi connectivity index (χ2v) is 3.93. The SMILES string of the molecule is N.O=S(=O)(O)CCCCC(F)(F)F. The van der Waals surface area contributed by atoms with Gasteiger partial charge in [0, 0.05) is 6.42 Å². The molecule has 0 aliphatic heterocycles. The lowest BCUT2D eigenvalue weighted by molar-refractivity contribution is -0.135. The molecule has 0 saturated carbocycles. The quantitative estimate of drug-likeness (QED) is 0.561. The van der Waals surface area contributed by atoms with E-state index < -0.39 is 28.5 Å². The smallest absolute Gasteiger partial charge is 0.344 e. The highest BCUT2D eigenvalue weighted by Gasteiger charge is 2.26. The molecule has 0 fully saturated rings. The van der Waals surface area contributed by atoms with Crippen molar-refractivity contribution in [2.75, 3.05) is 5.75 Å². The van der Waals surface area contributed by atoms with E-state index in [0.717, 1.165) is 0 Å². The number of alkyl halides is 3. The van der Waals surface area contributed by atoms with Gasteiger partial charge in [0.05, 0.1) is 5.75 Å². The predicted octanol–water partition coefficient (Wildman–Crippen LogP) is 1.77. The average molecular weight is 223 g/mol. The van der Waals surface area contributed by atoms with Crippen LogP contribution in [0.15, 0.2) is 0 Å². The third-order valence-corrected chi connectivity index (χ3v) is 1.92. The topological polar surface area (TPSA) is 89.4 Å². The largest absolute Gasteiger partial charge is 0.389 e. The van der Waals surface area contributed by atoms with E-state index in [9.17, 15) is 21.6 Å². The molecule has 0 aliphatic carbocycles. The molecule has 0 aliphatic rings. The molecule has 0 aromatic heterocycles. The van der Waals surface area contributed by atoms with Crippen LogP contribution in [-0.4, -0.2) is 24.9 Å². The summed E-state index contributed by atoms with van der Waals surface area (Å²) in [6.07, 6.45) is -5.70. The fourth-order valence-corrected chi connectivity index (χ4v) is 1.18. The zero-order chi connectivity index (χ0) is 9.83. The van der Waals surface area contributed by atoms with E-state index in [2.05, 4.69) is 0 Å². The Hall–Kier alpha value is -0.340. The minimum Gasteiger partial charge on any atom is -0.344 e. The molecule has 8 heteroatoms. The van der Waals surface area contributed by atoms with Crippen LogP contribution in [0.1, 0.15) is 19.3 Å². The fourth-order valence-electron chi connectivity index (χ4n) is 0.610. The molecular weight excluding hydrogens is 211 g/mol. The van der Waals surface area contributed by atoms with Gasteiger partial charge in [0.2, 0.25) is 0 Å². The summed E-state index contributed by atoms with van der Waals surface area (Å²) in [7, 11) is -4.11. The molecule has 82 valence electrons. The number of halogens is 3. The van der Waals surface area contributed by atoms with E-state index in [-0.39, 0.29) is 19.0 Å². The molecule has 0 amide bonds. The summed E-state index contributed by atoms with van der Waals surface area (Å²) in [5.74, 6) is -0.608. The Bertz CT molecular complexity index is 224. The Kier molecular flexibility index (Phi) is 6.30. The van der Waals surface area contributed by atoms with Crippen LogP contribution in [0.4, 0.5) is 13.2 Å². The van der Waals surface area contributed by atoms with Crippen molar-refractivity contribution in [2.24, 2.45) is 0 Å². The van der Waals surface area contributed by atoms with E-state index >= 15 is 0 Å². The lowest BCUT2D eigenvalue weighted by Crippen LogP contribution is -2.09. The molecule has 0 unspecified atom stereocenters. The number of hydrogen-bond acceptors (Lipinski definition) is 3. The zero-order valence-electron chi connectivity index (χ0n) is 6.84. The highest BCUT2D eigenvalue weighted by atomic mass is 32.2. The van der Waals surface area contributed by atoms with Gasteiger partial charge < -0.3 is 6.15 Å². The molecule has 13 heavy (non-hydrogen) atoms. The maximum atomic E-state index is 11.5. The Morgan fingerprint density at radius 3 is 1.92 bits per heavy atom. The van der Waals surface area contributed by atoms with Crippen molar-refractivity contribution in [1.29, 1.82) is 0 Å². The summed E-state index contributed by atoms with van der Waals surface area (Å²) in [6.45, 7) is 0. The third kappa shape index (κ3) is 14.5. The molecule has 0 atom stereocenters. The summed E-state index contributed by atoms with van der Waals surface area (Å²) in [5.41, 5.74) is 0. The molecule has 0 spiro atoms. The zero-order valence-corrected chi connectivity index (χ0v) is 7.66. The molecule has 0 aromatic carbocycles. The van der Waals surface area contributed by atoms with Crippen molar-refractivity contribution >= 4 is 10.1 Å². The van der Waals surface area contributed by atoms with Crippen molar-refractivity contribution in [3.8, 4) is 0 Å². The molecule has 0 aromatic rings. The van der Waals surface area contributed by atoms with Crippen molar-refractivity contribution in [2.45, 2.75) is 25.4 Å². The molecule has 0 heterocycles. The molecule has 0 bridgehead atoms. The molecule has 4 N–H and O–H groups in total. The highest BCUT2D eigenvalue weighted by molar-refractivity contribution is 7.85. The summed E-state index contributed by atoms with van der Waals surface area (Å²) in [6, 6.07) is 0. The van der Waals surface area contributed by atoms with Crippen LogP contribution in [0, 0.1) is 0 Å². The predicted molar refractivity (Wildman–Crippen MR) is 41.3 cm³/mol. The maximum Gasteiger partial charge on any atom is 0.389 e. The minimum atomic E-state index is -4.25. The minimum absolute atomic E-state index is 0. The van der Waals surface area contributed by atoms with Gasteiger partial charge in [-0.1, -0.05) is 0 Å². The van der Waals surface area contributed by atoms with Gasteiger partial charge in [-0.2, -0.15) is 21.6 Å². The van der Waals surface area contributed by atoms with E-state index in [1.54, 1.807) is 0 Å². The van der Waals surface area contributed by atoms with Gasteiger partial charge in [0.1, 0.15) is 0 Å². The lowest BCUT2D eigenvalue weighted by atomic mass is 10.2. The van der Waals surface area contributed by atoms with Gasteiger partial charge in [-0.15, -0.1) is 0 Å². The summed E-state index contributed by atoms with van der Waals surface area (Å²) >= 11 is 0. The van der Waals surface area contributed by atoms with Crippen LogP contribution in [0.2, 0.25) is 0 Å². The Morgan fingerprint density at radius 1 is 1.15 bits per heavy atom. The van der Waals surface area contributed by atoms with Gasteiger partial charge in [-0.25, -0.2) is 0 Å². The van der Waals surface area contributed by atoms with Crippen LogP contribution in [0.3, 0.4) is 0 Å². The van der Waals surface area contributed by atoms with Gasteiger partial charge in [0.15, 0.2) is 0 Å². The van der Waals surface area contributed by atoms with Crippen LogP contribution < -0.4 is 6.15 Å². The average Bonchev–Trinajstić information content (AvgIpc) is 1.76. The lowest BCUT2D eigenvalue weighted by Gasteiger charge is -2.04. The summed E-state index contributed by atoms with van der Waals surface area (Å²) in [4.78, 5) is 0. The second-order valence-electron chi connectivity index (χ2n) is 2.36. The van der Waals surface area contributed by atoms with E-state index in [0.29, 0.717) is 0 Å². The van der Waals surface area contributed by atoms with E-state index in [4.69, 9.17) is 4.55 Å². The van der Waals surface area contributed by atoms with Crippen molar-refractivity contribution in [3.63, 3.8) is 0 Å². The first-order chi connectivity index (χ1) is 5.21. The second kappa shape index (κ2) is 5.40. The first-order valence-corrected chi connectivity index (χ1v) is 4.83. The standard InChI is InChI=1S/C5H9F3O3S.H3N/c6-5(7,8)3-1-2-4-12(9,10)11;/h1-4H2,(H,9,10,11);1H3. The molecule has 0 radical (unpaired) electrons. The first-order valence-electron chi connectivity index (χ1n) is 3.23. The van der Waals surface area contributed by atoms with Crippen molar-refractivity contribution in [3.05, 3.63) is 0 Å². The molecule has 4 nitrogen and oxygen atoms in total. The summed E-state index contributed by atoms with van der Waals surface area (Å²) in [5, 5.41) is 0. The Balaban J connectivity index is 0. The van der Waals surface area contributed by atoms with Gasteiger partial charge >= 0.3 is 6.18 Å². The van der Waals surface area contributed by atoms with Crippen LogP contribution in [0.25, 0.3) is 0 Å². The Morgan fingerprint density at radius 2 is 1.62 bits per heavy atom. The van der Waals surface area contributed by atoms with Crippen LogP contribution in [-0.2, 0) is 10.1 Å². The Labute approximate surface area is 74.5 Å². The number of rotatable bonds is 4. The van der Waals surface area contributed by atoms with Crippen molar-refractivity contribution < 1.29 is 26.1 Å². The van der Waals surface area contributed by atoms with E-state index in [1.807, 2.05) is 0 Å². The monoisotopic (exact) mass is 223 g/mol. The maximum absolute atomic E-state index is 11.5. The van der Waals surface area contributed by atoms with Crippen LogP contribution in [0.5, 0.6) is 0 Å². The third-order valence-electron chi connectivity index (χ3n) is 1.11. The molecular formula is C5H12F3NO3S. The highest BCUT2D eigenvalue weighted by Crippen LogP contribution is 2.22. The summed E-state index contributed by atoms with van der Waals surface area (Å²) < 4.78 is 62.6. The molecule has 0 rings (SSSR count). The first kappa shape index (κ1) is 15.1. The van der Waals surface area contributed by atoms with Crippen molar-refractivity contribution in [1.82, 2.24) is 6.15 Å². The van der Waals surface area contributed by atoms with Crippen LogP contribution >= 0.6 is 0 Å². The van der Waals surface area contributed by atoms with Gasteiger partial charge in [-0.05, 0) is 12.8 Å². The normalized spacial score (nSPS) is 12.3. The van der Waals surface area contributed by atoms with Gasteiger partial charge in [-0.3, -0.25) is 4.55 Å². The molecule has 0 saturated heterocycles. The number of hydrogen-bond donors (Lipinski definition) is 2.